The largest absolute Gasteiger partial charge is 0.478 e. The van der Waals surface area contributed by atoms with Crippen LogP contribution >= 0.6 is 0 Å². The Morgan fingerprint density at radius 2 is 2.33 bits per heavy atom. The van der Waals surface area contributed by atoms with Crippen molar-refractivity contribution in [3.05, 3.63) is 35.1 Å². The van der Waals surface area contributed by atoms with Gasteiger partial charge in [-0.25, -0.2) is 9.18 Å². The quantitative estimate of drug-likeness (QED) is 0.894. The normalized spacial score (nSPS) is 20.2. The van der Waals surface area contributed by atoms with E-state index >= 15 is 0 Å². The molecule has 0 aromatic heterocycles. The summed E-state index contributed by atoms with van der Waals surface area (Å²) in [5, 5.41) is 8.91. The summed E-state index contributed by atoms with van der Waals surface area (Å²) >= 11 is 0. The van der Waals surface area contributed by atoms with Crippen molar-refractivity contribution < 1.29 is 14.3 Å². The lowest BCUT2D eigenvalue weighted by Crippen LogP contribution is -2.21. The molecule has 18 heavy (non-hydrogen) atoms. The summed E-state index contributed by atoms with van der Waals surface area (Å²) in [6, 6.07) is 3.99. The lowest BCUT2D eigenvalue weighted by atomic mass is 10.1. The molecule has 1 fully saturated rings. The summed E-state index contributed by atoms with van der Waals surface area (Å²) in [5.41, 5.74) is 0.629. The van der Waals surface area contributed by atoms with Crippen molar-refractivity contribution in [3.8, 4) is 0 Å². The number of carbonyl (C=O) groups is 1. The van der Waals surface area contributed by atoms with Gasteiger partial charge in [-0.15, -0.1) is 0 Å². The van der Waals surface area contributed by atoms with Gasteiger partial charge in [-0.2, -0.15) is 0 Å². The minimum atomic E-state index is -1.01. The molecule has 2 rings (SSSR count). The number of carboxylic acids is 1. The van der Waals surface area contributed by atoms with Gasteiger partial charge in [0.05, 0.1) is 5.56 Å². The molecule has 1 aromatic carbocycles. The van der Waals surface area contributed by atoms with Crippen molar-refractivity contribution in [2.45, 2.75) is 26.3 Å². The van der Waals surface area contributed by atoms with Crippen molar-refractivity contribution in [1.82, 2.24) is 4.90 Å². The van der Waals surface area contributed by atoms with Gasteiger partial charge in [-0.05, 0) is 37.1 Å². The molecule has 98 valence electrons. The number of hydrogen-bond donors (Lipinski definition) is 1. The third-order valence-corrected chi connectivity index (χ3v) is 3.63. The minimum absolute atomic E-state index is 0.151. The molecule has 4 heteroatoms. The van der Waals surface area contributed by atoms with Gasteiger partial charge in [-0.1, -0.05) is 13.3 Å². The SMILES string of the molecule is CCC1CCN(Cc2cc(C(=O)O)ccc2F)C1. The number of likely N-dealkylation sites (tertiary alicyclic amines) is 1. The third kappa shape index (κ3) is 2.88. The predicted molar refractivity (Wildman–Crippen MR) is 67.0 cm³/mol. The van der Waals surface area contributed by atoms with E-state index in [1.54, 1.807) is 0 Å². The molecule has 0 saturated carbocycles. The van der Waals surface area contributed by atoms with Crippen molar-refractivity contribution in [2.75, 3.05) is 13.1 Å². The molecule has 1 heterocycles. The maximum Gasteiger partial charge on any atom is 0.335 e. The first-order valence-corrected chi connectivity index (χ1v) is 6.34. The maximum absolute atomic E-state index is 13.6. The zero-order valence-corrected chi connectivity index (χ0v) is 10.5. The van der Waals surface area contributed by atoms with Gasteiger partial charge in [0.1, 0.15) is 5.82 Å². The average molecular weight is 251 g/mol. The Morgan fingerprint density at radius 1 is 1.56 bits per heavy atom. The molecule has 1 saturated heterocycles. The highest BCUT2D eigenvalue weighted by atomic mass is 19.1. The molecule has 3 nitrogen and oxygen atoms in total. The fourth-order valence-electron chi connectivity index (χ4n) is 2.46. The smallest absolute Gasteiger partial charge is 0.335 e. The molecular formula is C14H18FNO2. The molecule has 0 radical (unpaired) electrons. The molecule has 1 aliphatic rings. The van der Waals surface area contributed by atoms with Crippen molar-refractivity contribution in [2.24, 2.45) is 5.92 Å². The molecule has 0 bridgehead atoms. The number of carboxylic acid groups (broad SMARTS) is 1. The Kier molecular flexibility index (Phi) is 3.97. The second-order valence-electron chi connectivity index (χ2n) is 4.91. The number of halogens is 1. The van der Waals surface area contributed by atoms with E-state index in [0.29, 0.717) is 18.0 Å². The molecule has 0 amide bonds. The summed E-state index contributed by atoms with van der Waals surface area (Å²) in [4.78, 5) is 13.1. The number of benzene rings is 1. The van der Waals surface area contributed by atoms with E-state index in [-0.39, 0.29) is 11.4 Å². The van der Waals surface area contributed by atoms with Crippen molar-refractivity contribution in [1.29, 1.82) is 0 Å². The van der Waals surface area contributed by atoms with E-state index in [1.807, 2.05) is 0 Å². The zero-order valence-electron chi connectivity index (χ0n) is 10.5. The molecule has 1 atom stereocenters. The third-order valence-electron chi connectivity index (χ3n) is 3.63. The van der Waals surface area contributed by atoms with Gasteiger partial charge in [0.25, 0.3) is 0 Å². The number of hydrogen-bond acceptors (Lipinski definition) is 2. The van der Waals surface area contributed by atoms with Crippen LogP contribution in [0.25, 0.3) is 0 Å². The lowest BCUT2D eigenvalue weighted by molar-refractivity contribution is 0.0696. The highest BCUT2D eigenvalue weighted by molar-refractivity contribution is 5.87. The summed E-state index contributed by atoms with van der Waals surface area (Å²) in [6.45, 7) is 4.62. The van der Waals surface area contributed by atoms with Crippen LogP contribution in [0.4, 0.5) is 4.39 Å². The second kappa shape index (κ2) is 5.48. The molecule has 0 aliphatic carbocycles. The fraction of sp³-hybridized carbons (Fsp3) is 0.500. The van der Waals surface area contributed by atoms with Crippen LogP contribution in [0.1, 0.15) is 35.7 Å². The van der Waals surface area contributed by atoms with Crippen LogP contribution in [-0.2, 0) is 6.54 Å². The van der Waals surface area contributed by atoms with E-state index < -0.39 is 5.97 Å². The van der Waals surface area contributed by atoms with E-state index in [9.17, 15) is 9.18 Å². The fourth-order valence-corrected chi connectivity index (χ4v) is 2.46. The van der Waals surface area contributed by atoms with Crippen LogP contribution in [0.15, 0.2) is 18.2 Å². The highest BCUT2D eigenvalue weighted by Crippen LogP contribution is 2.22. The summed E-state index contributed by atoms with van der Waals surface area (Å²) in [5.74, 6) is -0.639. The van der Waals surface area contributed by atoms with Crippen LogP contribution in [-0.4, -0.2) is 29.1 Å². The van der Waals surface area contributed by atoms with E-state index in [1.165, 1.54) is 18.2 Å². The van der Waals surface area contributed by atoms with Crippen LogP contribution in [0.5, 0.6) is 0 Å². The molecule has 1 unspecified atom stereocenters. The maximum atomic E-state index is 13.6. The monoisotopic (exact) mass is 251 g/mol. The van der Waals surface area contributed by atoms with E-state index in [2.05, 4.69) is 11.8 Å². The van der Waals surface area contributed by atoms with Gasteiger partial charge in [-0.3, -0.25) is 4.90 Å². The van der Waals surface area contributed by atoms with Crippen LogP contribution in [0, 0.1) is 11.7 Å². The molecular weight excluding hydrogens is 233 g/mol. The van der Waals surface area contributed by atoms with Gasteiger partial charge >= 0.3 is 5.97 Å². The van der Waals surface area contributed by atoms with Crippen molar-refractivity contribution >= 4 is 5.97 Å². The summed E-state index contributed by atoms with van der Waals surface area (Å²) in [7, 11) is 0. The first-order valence-electron chi connectivity index (χ1n) is 6.34. The van der Waals surface area contributed by atoms with Crippen LogP contribution < -0.4 is 0 Å². The number of aromatic carboxylic acids is 1. The number of nitrogens with zero attached hydrogens (tertiary/aromatic N) is 1. The first-order chi connectivity index (χ1) is 8.60. The van der Waals surface area contributed by atoms with Crippen molar-refractivity contribution in [3.63, 3.8) is 0 Å². The summed E-state index contributed by atoms with van der Waals surface area (Å²) in [6.07, 6.45) is 2.30. The van der Waals surface area contributed by atoms with E-state index in [4.69, 9.17) is 5.11 Å². The molecule has 1 aromatic rings. The molecule has 1 aliphatic heterocycles. The van der Waals surface area contributed by atoms with E-state index in [0.717, 1.165) is 25.9 Å². The van der Waals surface area contributed by atoms with Gasteiger partial charge in [0.2, 0.25) is 0 Å². The number of rotatable bonds is 4. The van der Waals surface area contributed by atoms with Crippen LogP contribution in [0.3, 0.4) is 0 Å². The summed E-state index contributed by atoms with van der Waals surface area (Å²) < 4.78 is 13.6. The van der Waals surface area contributed by atoms with Gasteiger partial charge in [0, 0.05) is 18.7 Å². The zero-order chi connectivity index (χ0) is 13.1. The Balaban J connectivity index is 2.09. The Hall–Kier alpha value is -1.42. The van der Waals surface area contributed by atoms with Gasteiger partial charge < -0.3 is 5.11 Å². The molecule has 0 spiro atoms. The van der Waals surface area contributed by atoms with Crippen LogP contribution in [0.2, 0.25) is 0 Å². The van der Waals surface area contributed by atoms with Gasteiger partial charge in [0.15, 0.2) is 0 Å². The minimum Gasteiger partial charge on any atom is -0.478 e. The average Bonchev–Trinajstić information content (AvgIpc) is 2.79. The lowest BCUT2D eigenvalue weighted by Gasteiger charge is -2.16. The first kappa shape index (κ1) is 13.0. The highest BCUT2D eigenvalue weighted by Gasteiger charge is 2.22. The molecule has 1 N–H and O–H groups in total. The second-order valence-corrected chi connectivity index (χ2v) is 4.91. The predicted octanol–water partition coefficient (Wildman–Crippen LogP) is 2.76. The Labute approximate surface area is 106 Å². The standard InChI is InChI=1S/C14H18FNO2/c1-2-10-5-6-16(8-10)9-12-7-11(14(17)18)3-4-13(12)15/h3-4,7,10H,2,5-6,8-9H2,1H3,(H,17,18). The Morgan fingerprint density at radius 3 is 2.94 bits per heavy atom. The Bertz CT molecular complexity index is 447. The topological polar surface area (TPSA) is 40.5 Å².